The lowest BCUT2D eigenvalue weighted by Gasteiger charge is -2.24. The van der Waals surface area contributed by atoms with Crippen LogP contribution < -0.4 is 16.1 Å². The molecule has 0 saturated carbocycles. The molecule has 1 amide bonds. The molecule has 2 N–H and O–H groups in total. The fourth-order valence-corrected chi connectivity index (χ4v) is 2.28. The molecule has 1 aromatic heterocycles. The molecule has 0 aliphatic carbocycles. The first-order valence-electron chi connectivity index (χ1n) is 6.05. The second-order valence-electron chi connectivity index (χ2n) is 4.46. The molecular formula is C12H8ClN7O2. The van der Waals surface area contributed by atoms with Crippen molar-refractivity contribution in [2.75, 3.05) is 10.6 Å². The number of hydrogen-bond acceptors (Lipinski definition) is 5. The van der Waals surface area contributed by atoms with Crippen molar-refractivity contribution in [3.8, 4) is 0 Å². The number of hydrogen-bond donors (Lipinski definition) is 2. The van der Waals surface area contributed by atoms with Crippen LogP contribution in [-0.4, -0.2) is 15.7 Å². The van der Waals surface area contributed by atoms with Gasteiger partial charge >= 0.3 is 0 Å². The predicted molar refractivity (Wildman–Crippen MR) is 81.0 cm³/mol. The summed E-state index contributed by atoms with van der Waals surface area (Å²) in [6.45, 7) is 0. The lowest BCUT2D eigenvalue weighted by Crippen LogP contribution is -2.27. The molecule has 0 radical (unpaired) electrons. The van der Waals surface area contributed by atoms with Gasteiger partial charge in [-0.15, -0.1) is 0 Å². The number of aromatic nitrogens is 2. The van der Waals surface area contributed by atoms with Crippen LogP contribution in [0.25, 0.3) is 10.4 Å². The first-order valence-corrected chi connectivity index (χ1v) is 6.43. The summed E-state index contributed by atoms with van der Waals surface area (Å²) in [7, 11) is 1.56. The van der Waals surface area contributed by atoms with Gasteiger partial charge in [0.15, 0.2) is 11.5 Å². The Morgan fingerprint density at radius 3 is 2.91 bits per heavy atom. The number of fused-ring (bicyclic) bond motifs is 2. The summed E-state index contributed by atoms with van der Waals surface area (Å²) in [5, 5.41) is 13.2. The highest BCUT2D eigenvalue weighted by molar-refractivity contribution is 6.31. The van der Waals surface area contributed by atoms with Crippen molar-refractivity contribution < 1.29 is 4.79 Å². The van der Waals surface area contributed by atoms with Gasteiger partial charge in [-0.1, -0.05) is 11.6 Å². The van der Waals surface area contributed by atoms with Crippen LogP contribution in [0.1, 0.15) is 10.5 Å². The van der Waals surface area contributed by atoms with E-state index in [1.165, 1.54) is 4.68 Å². The molecule has 22 heavy (non-hydrogen) atoms. The maximum atomic E-state index is 12.4. The molecule has 1 aliphatic heterocycles. The number of rotatable bonds is 1. The SMILES string of the molecule is Cn1nc(C(=O)N=[N+]=[N-])c(=O)c2c1Nc1ccc(Cl)cc1N2. The van der Waals surface area contributed by atoms with Gasteiger partial charge in [0.1, 0.15) is 5.69 Å². The Morgan fingerprint density at radius 1 is 1.41 bits per heavy atom. The quantitative estimate of drug-likeness (QED) is 0.405. The maximum Gasteiger partial charge on any atom is 0.273 e. The van der Waals surface area contributed by atoms with Crippen LogP contribution in [0.15, 0.2) is 28.1 Å². The number of aryl methyl sites for hydroxylation is 1. The zero-order valence-electron chi connectivity index (χ0n) is 11.2. The highest BCUT2D eigenvalue weighted by Gasteiger charge is 2.24. The zero-order chi connectivity index (χ0) is 15.9. The Bertz CT molecular complexity index is 914. The van der Waals surface area contributed by atoms with E-state index >= 15 is 0 Å². The number of carbonyl (C=O) groups excluding carboxylic acids is 1. The summed E-state index contributed by atoms with van der Waals surface area (Å²) in [5.74, 6) is -0.651. The number of anilines is 4. The Labute approximate surface area is 128 Å². The number of azide groups is 1. The van der Waals surface area contributed by atoms with Gasteiger partial charge in [-0.3, -0.25) is 9.59 Å². The smallest absolute Gasteiger partial charge is 0.273 e. The van der Waals surface area contributed by atoms with Crippen molar-refractivity contribution >= 4 is 40.4 Å². The van der Waals surface area contributed by atoms with Gasteiger partial charge in [0, 0.05) is 17.0 Å². The van der Waals surface area contributed by atoms with E-state index in [1.807, 2.05) is 0 Å². The van der Waals surface area contributed by atoms with Gasteiger partial charge in [0.2, 0.25) is 5.43 Å². The van der Waals surface area contributed by atoms with Crippen molar-refractivity contribution in [2.24, 2.45) is 12.2 Å². The molecular weight excluding hydrogens is 310 g/mol. The molecule has 0 bridgehead atoms. The zero-order valence-corrected chi connectivity index (χ0v) is 11.9. The molecule has 2 heterocycles. The minimum absolute atomic E-state index is 0.128. The van der Waals surface area contributed by atoms with Crippen molar-refractivity contribution in [1.82, 2.24) is 9.78 Å². The largest absolute Gasteiger partial charge is 0.347 e. The highest BCUT2D eigenvalue weighted by atomic mass is 35.5. The van der Waals surface area contributed by atoms with E-state index < -0.39 is 17.0 Å². The first kappa shape index (κ1) is 13.9. The van der Waals surface area contributed by atoms with Crippen LogP contribution in [-0.2, 0) is 7.05 Å². The summed E-state index contributed by atoms with van der Waals surface area (Å²) >= 11 is 5.93. The second kappa shape index (κ2) is 5.06. The van der Waals surface area contributed by atoms with Crippen LogP contribution in [0.5, 0.6) is 0 Å². The Balaban J connectivity index is 2.19. The van der Waals surface area contributed by atoms with E-state index in [-0.39, 0.29) is 5.69 Å². The second-order valence-corrected chi connectivity index (χ2v) is 4.90. The van der Waals surface area contributed by atoms with E-state index in [9.17, 15) is 9.59 Å². The van der Waals surface area contributed by atoms with E-state index in [4.69, 9.17) is 17.1 Å². The highest BCUT2D eigenvalue weighted by Crippen LogP contribution is 2.37. The summed E-state index contributed by atoms with van der Waals surface area (Å²) < 4.78 is 1.32. The van der Waals surface area contributed by atoms with Gasteiger partial charge in [-0.05, 0) is 28.8 Å². The third-order valence-corrected chi connectivity index (χ3v) is 3.32. The van der Waals surface area contributed by atoms with E-state index in [1.54, 1.807) is 25.2 Å². The molecule has 9 nitrogen and oxygen atoms in total. The normalized spacial score (nSPS) is 11.4. The number of amides is 1. The molecule has 1 aromatic carbocycles. The minimum atomic E-state index is -1.04. The van der Waals surface area contributed by atoms with Crippen LogP contribution >= 0.6 is 11.6 Å². The fraction of sp³-hybridized carbons (Fsp3) is 0.0833. The van der Waals surface area contributed by atoms with Crippen LogP contribution in [0.4, 0.5) is 22.9 Å². The lowest BCUT2D eigenvalue weighted by molar-refractivity contribution is 0.0992. The average Bonchev–Trinajstić information content (AvgIpc) is 2.49. The van der Waals surface area contributed by atoms with Gasteiger partial charge in [0.05, 0.1) is 11.4 Å². The van der Waals surface area contributed by atoms with Crippen molar-refractivity contribution in [3.63, 3.8) is 0 Å². The van der Waals surface area contributed by atoms with Crippen molar-refractivity contribution in [1.29, 1.82) is 0 Å². The van der Waals surface area contributed by atoms with E-state index in [0.717, 1.165) is 0 Å². The van der Waals surface area contributed by atoms with E-state index in [2.05, 4.69) is 25.8 Å². The Morgan fingerprint density at radius 2 is 2.18 bits per heavy atom. The summed E-state index contributed by atoms with van der Waals surface area (Å²) in [6.07, 6.45) is 0. The van der Waals surface area contributed by atoms with Gasteiger partial charge in [-0.25, -0.2) is 4.68 Å². The Hall–Kier alpha value is -3.03. The molecule has 110 valence electrons. The minimum Gasteiger partial charge on any atom is -0.347 e. The number of nitrogens with one attached hydrogen (secondary N) is 2. The molecule has 0 atom stereocenters. The number of carbonyl (C=O) groups is 1. The third-order valence-electron chi connectivity index (χ3n) is 3.09. The molecule has 0 spiro atoms. The van der Waals surface area contributed by atoms with Crippen LogP contribution in [0.3, 0.4) is 0 Å². The average molecular weight is 318 g/mol. The summed E-state index contributed by atoms with van der Waals surface area (Å²) in [5.41, 5.74) is 8.62. The van der Waals surface area contributed by atoms with Gasteiger partial charge in [-0.2, -0.15) is 5.10 Å². The topological polar surface area (TPSA) is 125 Å². The van der Waals surface area contributed by atoms with Crippen LogP contribution in [0, 0.1) is 0 Å². The first-order chi connectivity index (χ1) is 10.5. The molecule has 1 aliphatic rings. The van der Waals surface area contributed by atoms with E-state index in [0.29, 0.717) is 22.2 Å². The summed E-state index contributed by atoms with van der Waals surface area (Å²) in [4.78, 5) is 26.4. The molecule has 0 unspecified atom stereocenters. The molecule has 3 rings (SSSR count). The van der Waals surface area contributed by atoms with Gasteiger partial charge in [0.25, 0.3) is 5.91 Å². The molecule has 2 aromatic rings. The predicted octanol–water partition coefficient (Wildman–Crippen LogP) is 2.68. The lowest BCUT2D eigenvalue weighted by atomic mass is 10.2. The molecule has 0 fully saturated rings. The molecule has 10 heteroatoms. The van der Waals surface area contributed by atoms with Gasteiger partial charge < -0.3 is 10.6 Å². The number of nitrogens with zero attached hydrogens (tertiary/aromatic N) is 5. The fourth-order valence-electron chi connectivity index (χ4n) is 2.11. The number of benzene rings is 1. The maximum absolute atomic E-state index is 12.4. The monoisotopic (exact) mass is 317 g/mol. The van der Waals surface area contributed by atoms with Crippen molar-refractivity contribution in [3.05, 3.63) is 49.6 Å². The van der Waals surface area contributed by atoms with Crippen molar-refractivity contribution in [2.45, 2.75) is 0 Å². The summed E-state index contributed by atoms with van der Waals surface area (Å²) in [6, 6.07) is 5.09. The standard InChI is InChI=1S/C12H8ClN7O2/c1-20-11-8(10(21)9(18-20)12(22)17-19-14)15-7-4-5(13)2-3-6(7)16-11/h2-4,15-16H,1H3. The third kappa shape index (κ3) is 2.14. The molecule has 0 saturated heterocycles. The number of halogens is 1. The Kier molecular flexibility index (Phi) is 3.21. The van der Waals surface area contributed by atoms with Crippen LogP contribution in [0.2, 0.25) is 5.02 Å².